The molecule has 0 fully saturated rings. The third kappa shape index (κ3) is 5.69. The van der Waals surface area contributed by atoms with Gasteiger partial charge in [0, 0.05) is 41.9 Å². The number of amides is 1. The molecular weight excluding hydrogens is 597 g/mol. The number of nitro groups is 1. The largest absolute Gasteiger partial charge is 0.492 e. The third-order valence-corrected chi connectivity index (χ3v) is 8.38. The number of aromatic amines is 1. The first-order valence-electron chi connectivity index (χ1n) is 12.2. The second-order valence-electron chi connectivity index (χ2n) is 9.74. The zero-order valence-electron chi connectivity index (χ0n) is 22.0. The highest BCUT2D eigenvalue weighted by Gasteiger charge is 2.37. The van der Waals surface area contributed by atoms with Gasteiger partial charge >= 0.3 is 0 Å². The number of halogens is 2. The summed E-state index contributed by atoms with van der Waals surface area (Å²) in [5, 5.41) is 22.3. The van der Waals surface area contributed by atoms with E-state index >= 15 is 0 Å². The zero-order valence-corrected chi connectivity index (χ0v) is 24.3. The first-order chi connectivity index (χ1) is 19.0. The van der Waals surface area contributed by atoms with Crippen LogP contribution in [0.25, 0.3) is 21.7 Å². The van der Waals surface area contributed by atoms with Gasteiger partial charge in [-0.15, -0.1) is 24.0 Å². The minimum absolute atomic E-state index is 0. The quantitative estimate of drug-likeness (QED) is 0.142. The monoisotopic (exact) mass is 623 g/mol. The van der Waals surface area contributed by atoms with Gasteiger partial charge in [-0.2, -0.15) is 0 Å². The molecule has 1 atom stereocenters. The SMILES string of the molecule is CN(C)CCOc1ccc2[nH]c(C(=O)N3CC(CCl)c4c3cc([N+](=O)[O-])c3cc(S(=O)(=O)NO)ccc43)cc2c1.Cl. The predicted octanol–water partition coefficient (Wildman–Crippen LogP) is 4.24. The van der Waals surface area contributed by atoms with Gasteiger partial charge in [0.15, 0.2) is 0 Å². The summed E-state index contributed by atoms with van der Waals surface area (Å²) in [4.78, 5) is 32.6. The molecule has 41 heavy (non-hydrogen) atoms. The smallest absolute Gasteiger partial charge is 0.279 e. The standard InChI is InChI=1S/C26H26ClN5O7S.ClH/c1-30(2)7-8-39-17-3-6-21-15(9-17)10-22(28-21)26(33)31-14-16(13-27)25-19-5-4-18(40(37,38)29-34)11-20(19)23(32(35)36)12-24(25)31;/h3-6,9-12,16,28-29,34H,7-8,13-14H2,1-2H3;1H. The van der Waals surface area contributed by atoms with Gasteiger partial charge in [0.1, 0.15) is 18.1 Å². The lowest BCUT2D eigenvalue weighted by Crippen LogP contribution is -2.30. The molecule has 3 N–H and O–H groups in total. The van der Waals surface area contributed by atoms with Crippen LogP contribution < -0.4 is 14.5 Å². The Balaban J connectivity index is 0.00000387. The average Bonchev–Trinajstić information content (AvgIpc) is 3.53. The van der Waals surface area contributed by atoms with Crippen molar-refractivity contribution < 1.29 is 28.1 Å². The Morgan fingerprint density at radius 2 is 1.98 bits per heavy atom. The number of nitro benzene ring substituents is 1. The summed E-state index contributed by atoms with van der Waals surface area (Å²) in [6.45, 7) is 1.44. The number of nitrogens with one attached hydrogen (secondary N) is 2. The van der Waals surface area contributed by atoms with Gasteiger partial charge in [-0.05, 0) is 61.4 Å². The van der Waals surface area contributed by atoms with Crippen LogP contribution in [0.4, 0.5) is 11.4 Å². The number of likely N-dealkylation sites (N-methyl/N-ethyl adjacent to an activating group) is 1. The van der Waals surface area contributed by atoms with Crippen molar-refractivity contribution in [3.05, 3.63) is 69.9 Å². The molecule has 2 heterocycles. The molecule has 218 valence electrons. The van der Waals surface area contributed by atoms with Crippen LogP contribution in [0.1, 0.15) is 22.0 Å². The van der Waals surface area contributed by atoms with E-state index in [4.69, 9.17) is 21.5 Å². The first-order valence-corrected chi connectivity index (χ1v) is 14.2. The van der Waals surface area contributed by atoms with Gasteiger partial charge in [-0.1, -0.05) is 11.0 Å². The van der Waals surface area contributed by atoms with Crippen molar-refractivity contribution in [2.45, 2.75) is 10.8 Å². The Hall–Kier alpha value is -3.46. The number of sulfonamides is 1. The highest BCUT2D eigenvalue weighted by Crippen LogP contribution is 2.46. The number of aromatic nitrogens is 1. The van der Waals surface area contributed by atoms with E-state index in [0.29, 0.717) is 34.7 Å². The Bertz CT molecular complexity index is 1760. The molecule has 0 saturated carbocycles. The number of hydrogen-bond donors (Lipinski definition) is 3. The summed E-state index contributed by atoms with van der Waals surface area (Å²) in [6.07, 6.45) is 0. The number of fused-ring (bicyclic) bond motifs is 4. The lowest BCUT2D eigenvalue weighted by Gasteiger charge is -2.17. The summed E-state index contributed by atoms with van der Waals surface area (Å²) in [5.74, 6) is 0.0456. The Kier molecular flexibility index (Phi) is 8.78. The van der Waals surface area contributed by atoms with E-state index < -0.39 is 20.9 Å². The molecule has 1 unspecified atom stereocenters. The molecule has 1 aliphatic rings. The molecule has 4 aromatic rings. The lowest BCUT2D eigenvalue weighted by molar-refractivity contribution is -0.383. The summed E-state index contributed by atoms with van der Waals surface area (Å²) in [5.41, 5.74) is 1.58. The fraction of sp³-hybridized carbons (Fsp3) is 0.269. The zero-order chi connectivity index (χ0) is 28.8. The molecule has 12 nitrogen and oxygen atoms in total. The van der Waals surface area contributed by atoms with Crippen molar-refractivity contribution in [1.29, 1.82) is 0 Å². The van der Waals surface area contributed by atoms with Crippen molar-refractivity contribution in [3.8, 4) is 5.75 Å². The maximum Gasteiger partial charge on any atom is 0.279 e. The molecule has 0 radical (unpaired) electrons. The van der Waals surface area contributed by atoms with Gasteiger partial charge in [-0.25, -0.2) is 8.42 Å². The molecule has 0 saturated heterocycles. The van der Waals surface area contributed by atoms with E-state index in [1.807, 2.05) is 37.2 Å². The lowest BCUT2D eigenvalue weighted by atomic mass is 9.95. The Morgan fingerprint density at radius 1 is 1.22 bits per heavy atom. The van der Waals surface area contributed by atoms with Crippen LogP contribution in [-0.2, 0) is 10.0 Å². The number of anilines is 1. The number of carbonyl (C=O) groups excluding carboxylic acids is 1. The van der Waals surface area contributed by atoms with Crippen LogP contribution in [0.5, 0.6) is 5.75 Å². The third-order valence-electron chi connectivity index (χ3n) is 6.90. The van der Waals surface area contributed by atoms with E-state index in [1.165, 1.54) is 28.0 Å². The number of carbonyl (C=O) groups is 1. The maximum atomic E-state index is 13.7. The highest BCUT2D eigenvalue weighted by molar-refractivity contribution is 7.89. The van der Waals surface area contributed by atoms with Crippen LogP contribution in [0.3, 0.4) is 0 Å². The van der Waals surface area contributed by atoms with Crippen LogP contribution >= 0.6 is 24.0 Å². The first kappa shape index (κ1) is 30.5. The fourth-order valence-corrected chi connectivity index (χ4v) is 5.83. The van der Waals surface area contributed by atoms with Gasteiger partial charge in [-0.3, -0.25) is 14.9 Å². The predicted molar refractivity (Wildman–Crippen MR) is 157 cm³/mol. The van der Waals surface area contributed by atoms with Crippen LogP contribution in [0, 0.1) is 10.1 Å². The number of alkyl halides is 1. The topological polar surface area (TPSA) is 158 Å². The van der Waals surface area contributed by atoms with E-state index in [1.54, 1.807) is 6.07 Å². The van der Waals surface area contributed by atoms with Crippen molar-refractivity contribution >= 4 is 73.0 Å². The summed E-state index contributed by atoms with van der Waals surface area (Å²) >= 11 is 6.29. The number of H-pyrrole nitrogens is 1. The minimum Gasteiger partial charge on any atom is -0.492 e. The van der Waals surface area contributed by atoms with Gasteiger partial charge in [0.25, 0.3) is 21.6 Å². The second-order valence-corrected chi connectivity index (χ2v) is 11.7. The highest BCUT2D eigenvalue weighted by atomic mass is 35.5. The molecule has 1 amide bonds. The maximum absolute atomic E-state index is 13.7. The van der Waals surface area contributed by atoms with E-state index in [-0.39, 0.29) is 46.7 Å². The van der Waals surface area contributed by atoms with Crippen LogP contribution in [0.2, 0.25) is 0 Å². The van der Waals surface area contributed by atoms with Gasteiger partial charge < -0.3 is 24.7 Å². The van der Waals surface area contributed by atoms with Gasteiger partial charge in [0.05, 0.1) is 20.9 Å². The second kappa shape index (κ2) is 11.8. The van der Waals surface area contributed by atoms with Crippen molar-refractivity contribution in [1.82, 2.24) is 14.8 Å². The van der Waals surface area contributed by atoms with Crippen molar-refractivity contribution in [3.63, 3.8) is 0 Å². The molecule has 5 rings (SSSR count). The molecular formula is C26H27Cl2N5O7S. The number of hydrogen-bond acceptors (Lipinski definition) is 8. The van der Waals surface area contributed by atoms with Crippen LogP contribution in [-0.4, -0.2) is 74.0 Å². The van der Waals surface area contributed by atoms with E-state index in [9.17, 15) is 23.3 Å². The van der Waals surface area contributed by atoms with Crippen LogP contribution in [0.15, 0.2) is 53.4 Å². The number of nitrogens with zero attached hydrogens (tertiary/aromatic N) is 3. The Labute approximate surface area is 246 Å². The average molecular weight is 625 g/mol. The molecule has 0 aliphatic carbocycles. The van der Waals surface area contributed by atoms with E-state index in [0.717, 1.165) is 23.5 Å². The molecule has 3 aromatic carbocycles. The molecule has 0 bridgehead atoms. The molecule has 15 heteroatoms. The number of ether oxygens (including phenoxy) is 1. The molecule has 1 aliphatic heterocycles. The van der Waals surface area contributed by atoms with Crippen molar-refractivity contribution in [2.24, 2.45) is 0 Å². The summed E-state index contributed by atoms with van der Waals surface area (Å²) in [6, 6.07) is 12.2. The number of non-ortho nitro benzene ring substituents is 1. The summed E-state index contributed by atoms with van der Waals surface area (Å²) < 4.78 is 30.1. The number of rotatable bonds is 9. The molecule has 0 spiro atoms. The molecule has 1 aromatic heterocycles. The number of benzene rings is 3. The van der Waals surface area contributed by atoms with Gasteiger partial charge in [0.2, 0.25) is 0 Å². The van der Waals surface area contributed by atoms with E-state index in [2.05, 4.69) is 4.98 Å². The fourth-order valence-electron chi connectivity index (χ4n) is 4.95. The minimum atomic E-state index is -4.27. The summed E-state index contributed by atoms with van der Waals surface area (Å²) in [7, 11) is -0.365. The van der Waals surface area contributed by atoms with Crippen molar-refractivity contribution in [2.75, 3.05) is 44.6 Å². The normalized spacial score (nSPS) is 14.9. The Morgan fingerprint density at radius 3 is 2.63 bits per heavy atom.